The van der Waals surface area contributed by atoms with E-state index < -0.39 is 0 Å². The van der Waals surface area contributed by atoms with Gasteiger partial charge in [0.15, 0.2) is 0 Å². The number of esters is 1. The first-order valence-corrected chi connectivity index (χ1v) is 11.5. The highest BCUT2D eigenvalue weighted by Crippen LogP contribution is 2.32. The number of hydrogen-bond acceptors (Lipinski definition) is 6. The molecule has 2 aromatic carbocycles. The summed E-state index contributed by atoms with van der Waals surface area (Å²) in [4.78, 5) is 28.6. The fourth-order valence-electron chi connectivity index (χ4n) is 3.60. The summed E-state index contributed by atoms with van der Waals surface area (Å²) in [6.07, 6.45) is 0. The first-order chi connectivity index (χ1) is 15.5. The van der Waals surface area contributed by atoms with Gasteiger partial charge in [0.05, 0.1) is 19.8 Å². The number of amides is 1. The molecule has 32 heavy (non-hydrogen) atoms. The zero-order chi connectivity index (χ0) is 22.5. The van der Waals surface area contributed by atoms with E-state index in [4.69, 9.17) is 9.47 Å². The molecule has 6 nitrogen and oxygen atoms in total. The first kappa shape index (κ1) is 22.0. The van der Waals surface area contributed by atoms with Gasteiger partial charge in [-0.3, -0.25) is 4.79 Å². The average molecular weight is 451 g/mol. The van der Waals surface area contributed by atoms with Gasteiger partial charge in [0.1, 0.15) is 4.88 Å². The van der Waals surface area contributed by atoms with E-state index in [-0.39, 0.29) is 11.9 Å². The molecule has 1 saturated heterocycles. The zero-order valence-electron chi connectivity index (χ0n) is 18.2. The second-order valence-corrected chi connectivity index (χ2v) is 8.60. The van der Waals surface area contributed by atoms with Crippen LogP contribution in [-0.4, -0.2) is 44.8 Å². The third-order valence-electron chi connectivity index (χ3n) is 5.35. The van der Waals surface area contributed by atoms with E-state index in [1.807, 2.05) is 55.5 Å². The molecule has 0 saturated carbocycles. The van der Waals surface area contributed by atoms with Gasteiger partial charge in [-0.15, -0.1) is 11.3 Å². The number of carbonyl (C=O) groups is 2. The molecular weight excluding hydrogens is 424 g/mol. The number of hydrogen-bond donors (Lipinski definition) is 1. The van der Waals surface area contributed by atoms with Crippen LogP contribution >= 0.6 is 11.3 Å². The van der Waals surface area contributed by atoms with E-state index in [0.717, 1.165) is 53.7 Å². The highest BCUT2D eigenvalue weighted by Gasteiger charge is 2.15. The van der Waals surface area contributed by atoms with Crippen molar-refractivity contribution in [2.45, 2.75) is 13.8 Å². The van der Waals surface area contributed by atoms with Gasteiger partial charge in [0.2, 0.25) is 0 Å². The van der Waals surface area contributed by atoms with E-state index in [9.17, 15) is 9.59 Å². The molecule has 1 aliphatic rings. The molecule has 1 fully saturated rings. The molecule has 4 rings (SSSR count). The maximum absolute atomic E-state index is 12.9. The fourth-order valence-corrected chi connectivity index (χ4v) is 4.58. The monoisotopic (exact) mass is 450 g/mol. The SMILES string of the molecule is CCOC(=O)c1ccc(-c2cc(C(=O)Nc3ccc(N4CCOCC4)cc3)ccc2C)s1. The van der Waals surface area contributed by atoms with Gasteiger partial charge in [-0.05, 0) is 73.5 Å². The van der Waals surface area contributed by atoms with Gasteiger partial charge in [0, 0.05) is 34.9 Å². The maximum atomic E-state index is 12.9. The van der Waals surface area contributed by atoms with E-state index in [2.05, 4.69) is 10.2 Å². The van der Waals surface area contributed by atoms with Crippen molar-refractivity contribution < 1.29 is 19.1 Å². The minimum Gasteiger partial charge on any atom is -0.462 e. The topological polar surface area (TPSA) is 67.9 Å². The van der Waals surface area contributed by atoms with Crippen molar-refractivity contribution in [3.63, 3.8) is 0 Å². The molecule has 0 radical (unpaired) electrons. The summed E-state index contributed by atoms with van der Waals surface area (Å²) >= 11 is 1.37. The van der Waals surface area contributed by atoms with E-state index >= 15 is 0 Å². The van der Waals surface area contributed by atoms with Crippen molar-refractivity contribution in [1.29, 1.82) is 0 Å². The number of anilines is 2. The van der Waals surface area contributed by atoms with Gasteiger partial charge in [-0.25, -0.2) is 4.79 Å². The van der Waals surface area contributed by atoms with Gasteiger partial charge in [-0.1, -0.05) is 6.07 Å². The van der Waals surface area contributed by atoms with Crippen molar-refractivity contribution in [2.75, 3.05) is 43.1 Å². The number of morpholine rings is 1. The summed E-state index contributed by atoms with van der Waals surface area (Å²) in [5.41, 5.74) is 4.40. The Kier molecular flexibility index (Phi) is 6.87. The van der Waals surface area contributed by atoms with Crippen LogP contribution in [0.2, 0.25) is 0 Å². The minimum atomic E-state index is -0.323. The molecule has 0 spiro atoms. The molecule has 0 unspecified atom stereocenters. The molecular formula is C25H26N2O4S. The van der Waals surface area contributed by atoms with Gasteiger partial charge < -0.3 is 19.7 Å². The molecule has 0 bridgehead atoms. The molecule has 7 heteroatoms. The van der Waals surface area contributed by atoms with Crippen LogP contribution in [0.3, 0.4) is 0 Å². The van der Waals surface area contributed by atoms with Crippen molar-refractivity contribution in [3.8, 4) is 10.4 Å². The number of aryl methyl sites for hydroxylation is 1. The largest absolute Gasteiger partial charge is 0.462 e. The zero-order valence-corrected chi connectivity index (χ0v) is 19.0. The minimum absolute atomic E-state index is 0.174. The summed E-state index contributed by atoms with van der Waals surface area (Å²) in [7, 11) is 0. The molecule has 166 valence electrons. The highest BCUT2D eigenvalue weighted by molar-refractivity contribution is 7.17. The van der Waals surface area contributed by atoms with Crippen molar-refractivity contribution in [1.82, 2.24) is 0 Å². The summed E-state index contributed by atoms with van der Waals surface area (Å²) in [6, 6.07) is 17.1. The Hall–Kier alpha value is -3.16. The van der Waals surface area contributed by atoms with E-state index in [1.54, 1.807) is 13.0 Å². The summed E-state index contributed by atoms with van der Waals surface area (Å²) in [5, 5.41) is 2.97. The Morgan fingerprint density at radius 2 is 1.81 bits per heavy atom. The highest BCUT2D eigenvalue weighted by atomic mass is 32.1. The Balaban J connectivity index is 1.48. The Morgan fingerprint density at radius 3 is 2.53 bits per heavy atom. The second kappa shape index (κ2) is 9.97. The van der Waals surface area contributed by atoms with E-state index in [1.165, 1.54) is 11.3 Å². The lowest BCUT2D eigenvalue weighted by molar-refractivity contribution is 0.0532. The first-order valence-electron chi connectivity index (χ1n) is 10.7. The smallest absolute Gasteiger partial charge is 0.348 e. The van der Waals surface area contributed by atoms with Crippen LogP contribution in [0.25, 0.3) is 10.4 Å². The second-order valence-electron chi connectivity index (χ2n) is 7.51. The maximum Gasteiger partial charge on any atom is 0.348 e. The Morgan fingerprint density at radius 1 is 1.06 bits per heavy atom. The van der Waals surface area contributed by atoms with Crippen molar-refractivity contribution in [3.05, 3.63) is 70.6 Å². The lowest BCUT2D eigenvalue weighted by Crippen LogP contribution is -2.36. The number of ether oxygens (including phenoxy) is 2. The summed E-state index contributed by atoms with van der Waals surface area (Å²) in [5.74, 6) is -0.497. The fraction of sp³-hybridized carbons (Fsp3) is 0.280. The molecule has 1 amide bonds. The van der Waals surface area contributed by atoms with Crippen molar-refractivity contribution in [2.24, 2.45) is 0 Å². The van der Waals surface area contributed by atoms with Crippen LogP contribution in [0.4, 0.5) is 11.4 Å². The number of thiophene rings is 1. The number of carbonyl (C=O) groups excluding carboxylic acids is 2. The number of nitrogens with one attached hydrogen (secondary N) is 1. The molecule has 1 aliphatic heterocycles. The van der Waals surface area contributed by atoms with E-state index in [0.29, 0.717) is 17.0 Å². The summed E-state index contributed by atoms with van der Waals surface area (Å²) < 4.78 is 10.5. The average Bonchev–Trinajstić information content (AvgIpc) is 3.31. The van der Waals surface area contributed by atoms with Gasteiger partial charge in [-0.2, -0.15) is 0 Å². The lowest BCUT2D eigenvalue weighted by atomic mass is 10.0. The van der Waals surface area contributed by atoms with Crippen LogP contribution in [-0.2, 0) is 9.47 Å². The molecule has 1 aromatic heterocycles. The van der Waals surface area contributed by atoms with Crippen LogP contribution in [0.5, 0.6) is 0 Å². The molecule has 2 heterocycles. The Labute approximate surface area is 191 Å². The predicted molar refractivity (Wildman–Crippen MR) is 128 cm³/mol. The van der Waals surface area contributed by atoms with Crippen LogP contribution in [0.15, 0.2) is 54.6 Å². The molecule has 0 aliphatic carbocycles. The molecule has 3 aromatic rings. The lowest BCUT2D eigenvalue weighted by Gasteiger charge is -2.28. The van der Waals surface area contributed by atoms with Gasteiger partial charge in [0.25, 0.3) is 5.91 Å². The third-order valence-corrected chi connectivity index (χ3v) is 6.45. The molecule has 1 N–H and O–H groups in total. The predicted octanol–water partition coefficient (Wildman–Crippen LogP) is 4.99. The standard InChI is InChI=1S/C25H26N2O4S/c1-3-31-25(29)23-11-10-22(32-23)21-16-18(5-4-17(21)2)24(28)26-19-6-8-20(9-7-19)27-12-14-30-15-13-27/h4-11,16H,3,12-15H2,1-2H3,(H,26,28). The van der Waals surface area contributed by atoms with Crippen LogP contribution < -0.4 is 10.2 Å². The summed E-state index contributed by atoms with van der Waals surface area (Å²) in [6.45, 7) is 7.34. The quantitative estimate of drug-likeness (QED) is 0.536. The van der Waals surface area contributed by atoms with Crippen molar-refractivity contribution >= 4 is 34.6 Å². The third kappa shape index (κ3) is 5.00. The molecule has 0 atom stereocenters. The van der Waals surface area contributed by atoms with Gasteiger partial charge >= 0.3 is 5.97 Å². The van der Waals surface area contributed by atoms with Crippen LogP contribution in [0, 0.1) is 6.92 Å². The normalized spacial score (nSPS) is 13.6. The number of rotatable bonds is 6. The van der Waals surface area contributed by atoms with Crippen LogP contribution in [0.1, 0.15) is 32.5 Å². The number of nitrogens with zero attached hydrogens (tertiary/aromatic N) is 1. The Bertz CT molecular complexity index is 1100. The number of benzene rings is 2.